The molecular weight excluding hydrogens is 354 g/mol. The van der Waals surface area contributed by atoms with E-state index < -0.39 is 30.1 Å². The fraction of sp³-hybridized carbons (Fsp3) is 0.278. The highest BCUT2D eigenvalue weighted by Gasteiger charge is 2.30. The van der Waals surface area contributed by atoms with Gasteiger partial charge in [-0.2, -0.15) is 13.2 Å². The molecule has 0 bridgehead atoms. The second-order valence-electron chi connectivity index (χ2n) is 5.53. The van der Waals surface area contributed by atoms with Crippen molar-refractivity contribution >= 4 is 5.91 Å². The van der Waals surface area contributed by atoms with Crippen LogP contribution in [-0.4, -0.2) is 31.6 Å². The first-order chi connectivity index (χ1) is 12.2. The number of likely N-dealkylation sites (N-methyl/N-ethyl adjacent to an activating group) is 1. The lowest BCUT2D eigenvalue weighted by Gasteiger charge is -2.18. The predicted molar refractivity (Wildman–Crippen MR) is 86.4 cm³/mol. The van der Waals surface area contributed by atoms with Crippen LogP contribution in [0.2, 0.25) is 0 Å². The molecule has 0 atom stereocenters. The fourth-order valence-corrected chi connectivity index (χ4v) is 2.19. The zero-order valence-electron chi connectivity index (χ0n) is 14.1. The number of carbonyl (C=O) groups is 1. The quantitative estimate of drug-likeness (QED) is 0.723. The van der Waals surface area contributed by atoms with E-state index in [2.05, 4.69) is 0 Å². The molecule has 0 spiro atoms. The van der Waals surface area contributed by atoms with Crippen LogP contribution in [0.3, 0.4) is 0 Å². The maximum absolute atomic E-state index is 13.7. The second kappa shape index (κ2) is 8.07. The van der Waals surface area contributed by atoms with Crippen molar-refractivity contribution in [2.75, 3.05) is 20.8 Å². The summed E-state index contributed by atoms with van der Waals surface area (Å²) in [5, 5.41) is 0. The Hall–Kier alpha value is -2.77. The summed E-state index contributed by atoms with van der Waals surface area (Å²) in [6, 6.07) is 8.58. The van der Waals surface area contributed by atoms with Gasteiger partial charge in [-0.15, -0.1) is 0 Å². The topological polar surface area (TPSA) is 38.8 Å². The van der Waals surface area contributed by atoms with Gasteiger partial charge in [0.15, 0.2) is 18.2 Å². The standard InChI is InChI=1S/C18H17F4NO3/c1-23(10-12-6-7-16(25-2)15(19)8-12)17(24)11-26-14-5-3-4-13(9-14)18(20,21)22/h3-9H,10-11H2,1-2H3. The number of methoxy groups -OCH3 is 1. The van der Waals surface area contributed by atoms with E-state index in [4.69, 9.17) is 9.47 Å². The maximum atomic E-state index is 13.7. The van der Waals surface area contributed by atoms with Gasteiger partial charge in [-0.05, 0) is 35.9 Å². The summed E-state index contributed by atoms with van der Waals surface area (Å²) in [7, 11) is 2.83. The molecule has 0 unspecified atom stereocenters. The van der Waals surface area contributed by atoms with Crippen molar-refractivity contribution in [1.82, 2.24) is 4.90 Å². The first-order valence-electron chi connectivity index (χ1n) is 7.57. The number of ether oxygens (including phenoxy) is 2. The monoisotopic (exact) mass is 371 g/mol. The molecule has 4 nitrogen and oxygen atoms in total. The lowest BCUT2D eigenvalue weighted by Crippen LogP contribution is -2.31. The van der Waals surface area contributed by atoms with Gasteiger partial charge in [0.25, 0.3) is 5.91 Å². The highest BCUT2D eigenvalue weighted by atomic mass is 19.4. The third-order valence-corrected chi connectivity index (χ3v) is 3.59. The Morgan fingerprint density at radius 2 is 1.88 bits per heavy atom. The highest BCUT2D eigenvalue weighted by molar-refractivity contribution is 5.77. The lowest BCUT2D eigenvalue weighted by atomic mass is 10.2. The van der Waals surface area contributed by atoms with Crippen LogP contribution in [0.4, 0.5) is 17.6 Å². The largest absolute Gasteiger partial charge is 0.494 e. The number of benzene rings is 2. The number of hydrogen-bond donors (Lipinski definition) is 0. The normalized spacial score (nSPS) is 11.2. The average molecular weight is 371 g/mol. The van der Waals surface area contributed by atoms with Gasteiger partial charge in [0.1, 0.15) is 5.75 Å². The SMILES string of the molecule is COc1ccc(CN(C)C(=O)COc2cccc(C(F)(F)F)c2)cc1F. The van der Waals surface area contributed by atoms with Gasteiger partial charge >= 0.3 is 6.18 Å². The first kappa shape index (κ1) is 19.6. The fourth-order valence-electron chi connectivity index (χ4n) is 2.19. The number of halogens is 4. The van der Waals surface area contributed by atoms with E-state index in [0.717, 1.165) is 12.1 Å². The van der Waals surface area contributed by atoms with Gasteiger partial charge < -0.3 is 14.4 Å². The van der Waals surface area contributed by atoms with E-state index in [1.165, 1.54) is 43.3 Å². The zero-order valence-corrected chi connectivity index (χ0v) is 14.1. The van der Waals surface area contributed by atoms with Crippen molar-refractivity contribution in [3.63, 3.8) is 0 Å². The molecule has 0 aliphatic carbocycles. The number of hydrogen-bond acceptors (Lipinski definition) is 3. The van der Waals surface area contributed by atoms with Gasteiger partial charge in [-0.1, -0.05) is 12.1 Å². The second-order valence-corrected chi connectivity index (χ2v) is 5.53. The Morgan fingerprint density at radius 3 is 2.50 bits per heavy atom. The summed E-state index contributed by atoms with van der Waals surface area (Å²) in [6.07, 6.45) is -4.49. The Kier molecular flexibility index (Phi) is 6.07. The molecule has 2 aromatic carbocycles. The molecule has 0 aliphatic heterocycles. The van der Waals surface area contributed by atoms with Crippen LogP contribution in [0, 0.1) is 5.82 Å². The Bertz CT molecular complexity index is 777. The smallest absolute Gasteiger partial charge is 0.416 e. The molecule has 140 valence electrons. The number of nitrogens with zero attached hydrogens (tertiary/aromatic N) is 1. The molecule has 0 saturated carbocycles. The van der Waals surface area contributed by atoms with Crippen molar-refractivity contribution in [1.29, 1.82) is 0 Å². The van der Waals surface area contributed by atoms with E-state index >= 15 is 0 Å². The zero-order chi connectivity index (χ0) is 19.3. The highest BCUT2D eigenvalue weighted by Crippen LogP contribution is 2.31. The summed E-state index contributed by atoms with van der Waals surface area (Å²) in [6.45, 7) is -0.317. The third kappa shape index (κ3) is 5.11. The minimum Gasteiger partial charge on any atom is -0.494 e. The van der Waals surface area contributed by atoms with E-state index in [1.807, 2.05) is 0 Å². The number of rotatable bonds is 6. The molecule has 2 aromatic rings. The summed E-state index contributed by atoms with van der Waals surface area (Å²) >= 11 is 0. The van der Waals surface area contributed by atoms with Crippen LogP contribution in [0.25, 0.3) is 0 Å². The molecule has 1 amide bonds. The summed E-state index contributed by atoms with van der Waals surface area (Å²) < 4.78 is 61.6. The van der Waals surface area contributed by atoms with Crippen LogP contribution in [0.15, 0.2) is 42.5 Å². The molecule has 26 heavy (non-hydrogen) atoms. The van der Waals surface area contributed by atoms with Crippen molar-refractivity contribution in [2.45, 2.75) is 12.7 Å². The molecular formula is C18H17F4NO3. The minimum atomic E-state index is -4.49. The molecule has 2 rings (SSSR count). The molecule has 0 radical (unpaired) electrons. The molecule has 0 N–H and O–H groups in total. The van der Waals surface area contributed by atoms with Crippen molar-refractivity contribution in [2.24, 2.45) is 0 Å². The van der Waals surface area contributed by atoms with E-state index in [9.17, 15) is 22.4 Å². The molecule has 0 fully saturated rings. The van der Waals surface area contributed by atoms with Crippen molar-refractivity contribution in [3.8, 4) is 11.5 Å². The number of carbonyl (C=O) groups excluding carboxylic acids is 1. The van der Waals surface area contributed by atoms with Gasteiger partial charge in [0, 0.05) is 13.6 Å². The molecule has 0 aromatic heterocycles. The van der Waals surface area contributed by atoms with E-state index in [1.54, 1.807) is 6.07 Å². The van der Waals surface area contributed by atoms with Crippen LogP contribution >= 0.6 is 0 Å². The van der Waals surface area contributed by atoms with E-state index in [-0.39, 0.29) is 18.0 Å². The molecule has 0 heterocycles. The van der Waals surface area contributed by atoms with Gasteiger partial charge in [-0.3, -0.25) is 4.79 Å². The Labute approximate surface area is 147 Å². The summed E-state index contributed by atoms with van der Waals surface area (Å²) in [5.74, 6) is -0.975. The van der Waals surface area contributed by atoms with Gasteiger partial charge in [-0.25, -0.2) is 4.39 Å². The molecule has 0 aliphatic rings. The van der Waals surface area contributed by atoms with Crippen LogP contribution in [0.5, 0.6) is 11.5 Å². The number of alkyl halides is 3. The Morgan fingerprint density at radius 1 is 1.15 bits per heavy atom. The summed E-state index contributed by atoms with van der Waals surface area (Å²) in [5.41, 5.74) is -0.317. The molecule has 0 saturated heterocycles. The Balaban J connectivity index is 1.94. The van der Waals surface area contributed by atoms with Crippen LogP contribution < -0.4 is 9.47 Å². The van der Waals surface area contributed by atoms with Gasteiger partial charge in [0.05, 0.1) is 12.7 Å². The maximum Gasteiger partial charge on any atom is 0.416 e. The molecule has 8 heteroatoms. The predicted octanol–water partition coefficient (Wildman–Crippen LogP) is 3.89. The van der Waals surface area contributed by atoms with Crippen LogP contribution in [-0.2, 0) is 17.5 Å². The third-order valence-electron chi connectivity index (χ3n) is 3.59. The van der Waals surface area contributed by atoms with Crippen molar-refractivity contribution < 1.29 is 31.8 Å². The first-order valence-corrected chi connectivity index (χ1v) is 7.57. The minimum absolute atomic E-state index is 0.0583. The van der Waals surface area contributed by atoms with Crippen LogP contribution in [0.1, 0.15) is 11.1 Å². The lowest BCUT2D eigenvalue weighted by molar-refractivity contribution is -0.137. The average Bonchev–Trinajstić information content (AvgIpc) is 2.59. The van der Waals surface area contributed by atoms with E-state index in [0.29, 0.717) is 5.56 Å². The van der Waals surface area contributed by atoms with Gasteiger partial charge in [0.2, 0.25) is 0 Å². The number of amides is 1. The van der Waals surface area contributed by atoms with Crippen molar-refractivity contribution in [3.05, 3.63) is 59.4 Å². The summed E-state index contributed by atoms with van der Waals surface area (Å²) in [4.78, 5) is 13.4.